The average molecular weight is 428 g/mol. The summed E-state index contributed by atoms with van der Waals surface area (Å²) in [7, 11) is 0. The standard InChI is InChI=1S/2C12H10N2.Cu/c2*1-2-6-11(7-3-1)14-10-12-8-4-5-9-13-12;/h2*1-10H;/q;;+2. The van der Waals surface area contributed by atoms with Gasteiger partial charge in [0.2, 0.25) is 0 Å². The van der Waals surface area contributed by atoms with Gasteiger partial charge in [0.05, 0.1) is 35.2 Å². The van der Waals surface area contributed by atoms with E-state index in [1.165, 1.54) is 0 Å². The second-order valence-electron chi connectivity index (χ2n) is 5.70. The first kappa shape index (κ1) is 21.9. The quantitative estimate of drug-likeness (QED) is 0.311. The second kappa shape index (κ2) is 12.9. The summed E-state index contributed by atoms with van der Waals surface area (Å²) >= 11 is 0. The van der Waals surface area contributed by atoms with Gasteiger partial charge >= 0.3 is 17.1 Å². The third kappa shape index (κ3) is 8.43. The summed E-state index contributed by atoms with van der Waals surface area (Å²) in [5.41, 5.74) is 3.63. The van der Waals surface area contributed by atoms with Gasteiger partial charge in [-0.2, -0.15) is 0 Å². The van der Waals surface area contributed by atoms with Crippen LogP contribution in [-0.4, -0.2) is 22.4 Å². The van der Waals surface area contributed by atoms with E-state index < -0.39 is 0 Å². The molecule has 0 aliphatic carbocycles. The minimum atomic E-state index is 0. The summed E-state index contributed by atoms with van der Waals surface area (Å²) < 4.78 is 0. The zero-order valence-corrected chi connectivity index (χ0v) is 16.6. The molecule has 4 aromatic rings. The average Bonchev–Trinajstić information content (AvgIpc) is 2.80. The van der Waals surface area contributed by atoms with Gasteiger partial charge in [0.1, 0.15) is 0 Å². The molecule has 2 aromatic heterocycles. The molecule has 5 heteroatoms. The molecule has 1 radical (unpaired) electrons. The predicted octanol–water partition coefficient (Wildman–Crippen LogP) is 5.66. The number of nitrogens with zero attached hydrogens (tertiary/aromatic N) is 4. The Kier molecular flexibility index (Phi) is 9.73. The molecular formula is C24H20CuN4+2. The molecule has 0 saturated heterocycles. The van der Waals surface area contributed by atoms with E-state index in [1.54, 1.807) is 24.8 Å². The number of aromatic nitrogens is 2. The van der Waals surface area contributed by atoms with Crippen molar-refractivity contribution in [2.24, 2.45) is 9.98 Å². The van der Waals surface area contributed by atoms with E-state index in [1.807, 2.05) is 97.1 Å². The van der Waals surface area contributed by atoms with Crippen LogP contribution in [0.5, 0.6) is 0 Å². The van der Waals surface area contributed by atoms with E-state index in [0.29, 0.717) is 0 Å². The summed E-state index contributed by atoms with van der Waals surface area (Å²) in [5, 5.41) is 0. The molecule has 0 aliphatic rings. The molecule has 4 nitrogen and oxygen atoms in total. The molecule has 0 amide bonds. The number of para-hydroxylation sites is 2. The minimum absolute atomic E-state index is 0. The Morgan fingerprint density at radius 1 is 0.483 bits per heavy atom. The molecule has 2 aromatic carbocycles. The van der Waals surface area contributed by atoms with Crippen molar-refractivity contribution < 1.29 is 17.1 Å². The van der Waals surface area contributed by atoms with Crippen LogP contribution in [0.4, 0.5) is 11.4 Å². The van der Waals surface area contributed by atoms with Gasteiger partial charge in [-0.25, -0.2) is 0 Å². The van der Waals surface area contributed by atoms with Gasteiger partial charge in [0.25, 0.3) is 0 Å². The van der Waals surface area contributed by atoms with E-state index in [2.05, 4.69) is 20.0 Å². The first-order chi connectivity index (χ1) is 13.9. The number of hydrogen-bond donors (Lipinski definition) is 0. The van der Waals surface area contributed by atoms with Crippen LogP contribution < -0.4 is 0 Å². The molecule has 0 bridgehead atoms. The molecule has 0 fully saturated rings. The van der Waals surface area contributed by atoms with Crippen LogP contribution in [-0.2, 0) is 17.1 Å². The third-order valence-corrected chi connectivity index (χ3v) is 3.58. The normalized spacial score (nSPS) is 10.2. The first-order valence-corrected chi connectivity index (χ1v) is 8.90. The first-order valence-electron chi connectivity index (χ1n) is 8.90. The molecule has 0 spiro atoms. The van der Waals surface area contributed by atoms with Crippen molar-refractivity contribution in [1.82, 2.24) is 9.97 Å². The fraction of sp³-hybridized carbons (Fsp3) is 0. The van der Waals surface area contributed by atoms with Gasteiger partial charge in [-0.1, -0.05) is 48.5 Å². The molecule has 2 heterocycles. The fourth-order valence-corrected chi connectivity index (χ4v) is 2.21. The minimum Gasteiger partial charge on any atom is -0.255 e. The molecule has 0 unspecified atom stereocenters. The van der Waals surface area contributed by atoms with Gasteiger partial charge in [-0.3, -0.25) is 20.0 Å². The van der Waals surface area contributed by atoms with Crippen LogP contribution in [0.2, 0.25) is 0 Å². The van der Waals surface area contributed by atoms with Crippen LogP contribution >= 0.6 is 0 Å². The number of benzene rings is 2. The van der Waals surface area contributed by atoms with Gasteiger partial charge in [-0.15, -0.1) is 0 Å². The van der Waals surface area contributed by atoms with Crippen molar-refractivity contribution in [2.75, 3.05) is 0 Å². The zero-order valence-electron chi connectivity index (χ0n) is 15.6. The van der Waals surface area contributed by atoms with Crippen molar-refractivity contribution in [2.45, 2.75) is 0 Å². The maximum Gasteiger partial charge on any atom is 2.00 e. The number of aliphatic imine (C=N–C) groups is 2. The topological polar surface area (TPSA) is 50.5 Å². The molecule has 4 rings (SSSR count). The summed E-state index contributed by atoms with van der Waals surface area (Å²) in [6.07, 6.45) is 7.03. The monoisotopic (exact) mass is 427 g/mol. The summed E-state index contributed by atoms with van der Waals surface area (Å²) in [5.74, 6) is 0. The summed E-state index contributed by atoms with van der Waals surface area (Å²) in [6, 6.07) is 31.1. The molecule has 29 heavy (non-hydrogen) atoms. The van der Waals surface area contributed by atoms with Gasteiger partial charge in [-0.05, 0) is 48.5 Å². The summed E-state index contributed by atoms with van der Waals surface area (Å²) in [6.45, 7) is 0. The van der Waals surface area contributed by atoms with E-state index in [9.17, 15) is 0 Å². The molecule has 145 valence electrons. The Balaban J connectivity index is 0.000000200. The van der Waals surface area contributed by atoms with Crippen LogP contribution in [0.3, 0.4) is 0 Å². The van der Waals surface area contributed by atoms with E-state index >= 15 is 0 Å². The molecule has 0 N–H and O–H groups in total. The molecule has 0 aliphatic heterocycles. The molecule has 0 saturated carbocycles. The van der Waals surface area contributed by atoms with Gasteiger partial charge in [0.15, 0.2) is 0 Å². The van der Waals surface area contributed by atoms with Crippen molar-refractivity contribution in [1.29, 1.82) is 0 Å². The molecule has 0 atom stereocenters. The SMILES string of the molecule is C(=Nc1ccccc1)c1ccccn1.C(=Nc1ccccc1)c1ccccn1.[Cu+2]. The van der Waals surface area contributed by atoms with E-state index in [0.717, 1.165) is 22.8 Å². The Bertz CT molecular complexity index is 822. The Labute approximate surface area is 181 Å². The van der Waals surface area contributed by atoms with Crippen LogP contribution in [0.15, 0.2) is 119 Å². The van der Waals surface area contributed by atoms with Crippen LogP contribution in [0, 0.1) is 0 Å². The maximum atomic E-state index is 4.29. The Hall–Kier alpha value is -3.40. The number of pyridine rings is 2. The van der Waals surface area contributed by atoms with Crippen LogP contribution in [0.25, 0.3) is 0 Å². The van der Waals surface area contributed by atoms with E-state index in [-0.39, 0.29) is 17.1 Å². The zero-order chi connectivity index (χ0) is 19.3. The van der Waals surface area contributed by atoms with Crippen molar-refractivity contribution in [3.63, 3.8) is 0 Å². The summed E-state index contributed by atoms with van der Waals surface area (Å²) in [4.78, 5) is 16.9. The van der Waals surface area contributed by atoms with Gasteiger partial charge < -0.3 is 0 Å². The largest absolute Gasteiger partial charge is 2.00 e. The Morgan fingerprint density at radius 3 is 1.21 bits per heavy atom. The Morgan fingerprint density at radius 2 is 0.862 bits per heavy atom. The molecular weight excluding hydrogens is 408 g/mol. The van der Waals surface area contributed by atoms with Crippen molar-refractivity contribution >= 4 is 23.8 Å². The van der Waals surface area contributed by atoms with Gasteiger partial charge in [0, 0.05) is 12.4 Å². The van der Waals surface area contributed by atoms with E-state index in [4.69, 9.17) is 0 Å². The fourth-order valence-electron chi connectivity index (χ4n) is 2.21. The number of rotatable bonds is 4. The second-order valence-corrected chi connectivity index (χ2v) is 5.70. The third-order valence-electron chi connectivity index (χ3n) is 3.58. The maximum absolute atomic E-state index is 4.29. The van der Waals surface area contributed by atoms with Crippen molar-refractivity contribution in [3.8, 4) is 0 Å². The number of hydrogen-bond acceptors (Lipinski definition) is 4. The predicted molar refractivity (Wildman–Crippen MR) is 116 cm³/mol. The van der Waals surface area contributed by atoms with Crippen LogP contribution in [0.1, 0.15) is 11.4 Å². The van der Waals surface area contributed by atoms with Crippen molar-refractivity contribution in [3.05, 3.63) is 121 Å². The smallest absolute Gasteiger partial charge is 0.255 e.